The number of para-hydroxylation sites is 1. The fraction of sp³-hybridized carbons (Fsp3) is 0.154. The van der Waals surface area contributed by atoms with E-state index in [2.05, 4.69) is 10.3 Å². The van der Waals surface area contributed by atoms with Crippen LogP contribution in [-0.2, 0) is 11.2 Å². The second kappa shape index (κ2) is 9.39. The number of H-pyrrole nitrogens is 1. The average Bonchev–Trinajstić information content (AvgIpc) is 3.18. The summed E-state index contributed by atoms with van der Waals surface area (Å²) >= 11 is 0. The standard InChI is InChI=1S/C26H24N2O4/c1-2-32-26(31)24-19(14-15-27-25(30)20-10-6-7-11-23(20)29)21-16-18(12-13-22(21)28-24)17-8-4-3-5-9-17/h3-13,16,28-29H,2,14-15H2,1H3,(H,27,30). The van der Waals surface area contributed by atoms with E-state index in [-0.39, 0.29) is 23.8 Å². The molecule has 0 saturated heterocycles. The molecule has 32 heavy (non-hydrogen) atoms. The van der Waals surface area contributed by atoms with Crippen molar-refractivity contribution in [3.8, 4) is 16.9 Å². The molecular weight excluding hydrogens is 404 g/mol. The van der Waals surface area contributed by atoms with Crippen LogP contribution >= 0.6 is 0 Å². The van der Waals surface area contributed by atoms with Gasteiger partial charge in [0.2, 0.25) is 0 Å². The first kappa shape index (κ1) is 21.2. The molecule has 0 bridgehead atoms. The number of phenolic OH excluding ortho intramolecular Hbond substituents is 1. The molecule has 0 unspecified atom stereocenters. The minimum atomic E-state index is -0.424. The molecule has 3 aromatic carbocycles. The summed E-state index contributed by atoms with van der Waals surface area (Å²) in [5.74, 6) is -0.866. The van der Waals surface area contributed by atoms with Crippen LogP contribution in [0.3, 0.4) is 0 Å². The Balaban J connectivity index is 1.64. The second-order valence-electron chi connectivity index (χ2n) is 7.35. The lowest BCUT2D eigenvalue weighted by atomic mass is 10.0. The van der Waals surface area contributed by atoms with Crippen LogP contribution in [0.25, 0.3) is 22.0 Å². The van der Waals surface area contributed by atoms with E-state index < -0.39 is 5.97 Å². The van der Waals surface area contributed by atoms with Gasteiger partial charge in [0.05, 0.1) is 12.2 Å². The van der Waals surface area contributed by atoms with E-state index in [1.165, 1.54) is 6.07 Å². The molecule has 0 aliphatic rings. The molecule has 1 aromatic heterocycles. The first-order valence-electron chi connectivity index (χ1n) is 10.5. The molecule has 0 radical (unpaired) electrons. The highest BCUT2D eigenvalue weighted by molar-refractivity contribution is 6.00. The number of aromatic amines is 1. The summed E-state index contributed by atoms with van der Waals surface area (Å²) in [4.78, 5) is 28.2. The van der Waals surface area contributed by atoms with Gasteiger partial charge in [0, 0.05) is 17.4 Å². The molecule has 0 fully saturated rings. The zero-order valence-corrected chi connectivity index (χ0v) is 17.7. The largest absolute Gasteiger partial charge is 0.507 e. The van der Waals surface area contributed by atoms with Crippen LogP contribution in [0.2, 0.25) is 0 Å². The topological polar surface area (TPSA) is 91.4 Å². The number of hydrogen-bond donors (Lipinski definition) is 3. The molecule has 4 rings (SSSR count). The molecule has 162 valence electrons. The molecular formula is C26H24N2O4. The number of phenols is 1. The minimum Gasteiger partial charge on any atom is -0.507 e. The van der Waals surface area contributed by atoms with Gasteiger partial charge in [-0.25, -0.2) is 4.79 Å². The molecule has 6 nitrogen and oxygen atoms in total. The maximum absolute atomic E-state index is 12.6. The first-order valence-corrected chi connectivity index (χ1v) is 10.5. The zero-order valence-electron chi connectivity index (χ0n) is 17.7. The van der Waals surface area contributed by atoms with Crippen molar-refractivity contribution in [1.82, 2.24) is 10.3 Å². The lowest BCUT2D eigenvalue weighted by Crippen LogP contribution is -2.26. The van der Waals surface area contributed by atoms with Gasteiger partial charge in [-0.3, -0.25) is 4.79 Å². The van der Waals surface area contributed by atoms with Gasteiger partial charge in [-0.15, -0.1) is 0 Å². The highest BCUT2D eigenvalue weighted by Gasteiger charge is 2.20. The van der Waals surface area contributed by atoms with E-state index in [1.807, 2.05) is 48.5 Å². The average molecular weight is 428 g/mol. The third-order valence-corrected chi connectivity index (χ3v) is 5.30. The van der Waals surface area contributed by atoms with Crippen molar-refractivity contribution in [3.63, 3.8) is 0 Å². The number of hydrogen-bond acceptors (Lipinski definition) is 4. The number of fused-ring (bicyclic) bond motifs is 1. The zero-order chi connectivity index (χ0) is 22.5. The summed E-state index contributed by atoms with van der Waals surface area (Å²) in [5, 5.41) is 13.6. The summed E-state index contributed by atoms with van der Waals surface area (Å²) in [6, 6.07) is 22.4. The number of amides is 1. The van der Waals surface area contributed by atoms with Crippen LogP contribution in [-0.4, -0.2) is 35.1 Å². The lowest BCUT2D eigenvalue weighted by Gasteiger charge is -2.08. The molecule has 0 spiro atoms. The van der Waals surface area contributed by atoms with Gasteiger partial charge in [-0.1, -0.05) is 48.5 Å². The molecule has 6 heteroatoms. The third-order valence-electron chi connectivity index (χ3n) is 5.30. The van der Waals surface area contributed by atoms with Crippen LogP contribution in [0.5, 0.6) is 5.75 Å². The lowest BCUT2D eigenvalue weighted by molar-refractivity contribution is 0.0519. The SMILES string of the molecule is CCOC(=O)c1[nH]c2ccc(-c3ccccc3)cc2c1CCNC(=O)c1ccccc1O. The Morgan fingerprint density at radius 3 is 2.47 bits per heavy atom. The molecule has 1 heterocycles. The van der Waals surface area contributed by atoms with Crippen LogP contribution in [0, 0.1) is 0 Å². The molecule has 0 saturated carbocycles. The van der Waals surface area contributed by atoms with E-state index in [1.54, 1.807) is 25.1 Å². The Morgan fingerprint density at radius 2 is 1.72 bits per heavy atom. The Morgan fingerprint density at radius 1 is 0.969 bits per heavy atom. The van der Waals surface area contributed by atoms with E-state index in [0.717, 1.165) is 27.6 Å². The normalized spacial score (nSPS) is 10.8. The highest BCUT2D eigenvalue weighted by Crippen LogP contribution is 2.29. The van der Waals surface area contributed by atoms with Gasteiger partial charge in [0.15, 0.2) is 0 Å². The number of benzene rings is 3. The Hall–Kier alpha value is -4.06. The molecule has 3 N–H and O–H groups in total. The van der Waals surface area contributed by atoms with Crippen molar-refractivity contribution in [2.24, 2.45) is 0 Å². The number of rotatable bonds is 7. The number of carbonyl (C=O) groups is 2. The highest BCUT2D eigenvalue weighted by atomic mass is 16.5. The first-order chi connectivity index (χ1) is 15.6. The molecule has 0 aliphatic carbocycles. The molecule has 0 atom stereocenters. The quantitative estimate of drug-likeness (QED) is 0.373. The summed E-state index contributed by atoms with van der Waals surface area (Å²) in [6.07, 6.45) is 0.422. The van der Waals surface area contributed by atoms with Crippen molar-refractivity contribution >= 4 is 22.8 Å². The molecule has 4 aromatic rings. The number of esters is 1. The predicted octanol–water partition coefficient (Wildman–Crippen LogP) is 4.69. The second-order valence-corrected chi connectivity index (χ2v) is 7.35. The van der Waals surface area contributed by atoms with Crippen molar-refractivity contribution in [2.45, 2.75) is 13.3 Å². The van der Waals surface area contributed by atoms with Gasteiger partial charge in [-0.05, 0) is 54.3 Å². The van der Waals surface area contributed by atoms with Gasteiger partial charge in [0.25, 0.3) is 5.91 Å². The Labute approximate surface area is 185 Å². The number of aromatic hydroxyl groups is 1. The third kappa shape index (κ3) is 4.34. The summed E-state index contributed by atoms with van der Waals surface area (Å²) in [5.41, 5.74) is 4.33. The molecule has 0 aliphatic heterocycles. The monoisotopic (exact) mass is 428 g/mol. The summed E-state index contributed by atoms with van der Waals surface area (Å²) in [6.45, 7) is 2.33. The van der Waals surface area contributed by atoms with Crippen LogP contribution in [0.15, 0.2) is 72.8 Å². The van der Waals surface area contributed by atoms with Crippen molar-refractivity contribution in [2.75, 3.05) is 13.2 Å². The number of aromatic nitrogens is 1. The minimum absolute atomic E-state index is 0.0724. The fourth-order valence-corrected chi connectivity index (χ4v) is 3.76. The van der Waals surface area contributed by atoms with Crippen molar-refractivity contribution in [3.05, 3.63) is 89.6 Å². The van der Waals surface area contributed by atoms with E-state index in [4.69, 9.17) is 4.74 Å². The maximum Gasteiger partial charge on any atom is 0.355 e. The van der Waals surface area contributed by atoms with Crippen molar-refractivity contribution < 1.29 is 19.4 Å². The molecule has 1 amide bonds. The van der Waals surface area contributed by atoms with Crippen LogP contribution in [0.4, 0.5) is 0 Å². The smallest absolute Gasteiger partial charge is 0.355 e. The van der Waals surface area contributed by atoms with E-state index >= 15 is 0 Å². The number of nitrogens with one attached hydrogen (secondary N) is 2. The van der Waals surface area contributed by atoms with Crippen LogP contribution < -0.4 is 5.32 Å². The summed E-state index contributed by atoms with van der Waals surface area (Å²) < 4.78 is 5.23. The van der Waals surface area contributed by atoms with Crippen LogP contribution in [0.1, 0.15) is 33.3 Å². The van der Waals surface area contributed by atoms with Gasteiger partial charge < -0.3 is 20.1 Å². The fourth-order valence-electron chi connectivity index (χ4n) is 3.76. The van der Waals surface area contributed by atoms with Crippen molar-refractivity contribution in [1.29, 1.82) is 0 Å². The van der Waals surface area contributed by atoms with E-state index in [9.17, 15) is 14.7 Å². The van der Waals surface area contributed by atoms with Gasteiger partial charge >= 0.3 is 5.97 Å². The van der Waals surface area contributed by atoms with Gasteiger partial charge in [0.1, 0.15) is 11.4 Å². The van der Waals surface area contributed by atoms with Gasteiger partial charge in [-0.2, -0.15) is 0 Å². The van der Waals surface area contributed by atoms with E-state index in [0.29, 0.717) is 18.7 Å². The number of carbonyl (C=O) groups excluding carboxylic acids is 2. The number of ether oxygens (including phenoxy) is 1. The Kier molecular flexibility index (Phi) is 6.22. The summed E-state index contributed by atoms with van der Waals surface area (Å²) in [7, 11) is 0. The Bertz CT molecular complexity index is 1260. The predicted molar refractivity (Wildman–Crippen MR) is 124 cm³/mol. The maximum atomic E-state index is 12.6.